The van der Waals surface area contributed by atoms with Gasteiger partial charge in [-0.15, -0.1) is 0 Å². The molecule has 208 valence electrons. The molecule has 0 amide bonds. The van der Waals surface area contributed by atoms with Crippen LogP contribution in [-0.4, -0.2) is 7.11 Å². The van der Waals surface area contributed by atoms with Crippen LogP contribution in [0.1, 0.15) is 19.4 Å². The molecular formula is C40H36O2. The lowest BCUT2D eigenvalue weighted by molar-refractivity contribution is 0.416. The van der Waals surface area contributed by atoms with E-state index in [4.69, 9.17) is 9.47 Å². The zero-order valence-corrected chi connectivity index (χ0v) is 24.7. The number of hydrogen-bond acceptors (Lipinski definition) is 2. The predicted molar refractivity (Wildman–Crippen MR) is 177 cm³/mol. The Hall–Kier alpha value is -5.08. The Labute approximate surface area is 249 Å². The van der Waals surface area contributed by atoms with Crippen LogP contribution >= 0.6 is 0 Å². The first-order valence-electron chi connectivity index (χ1n) is 14.5. The molecule has 0 fully saturated rings. The second-order valence-electron chi connectivity index (χ2n) is 9.85. The molecule has 0 N–H and O–H groups in total. The summed E-state index contributed by atoms with van der Waals surface area (Å²) in [5.74, 6) is 2.47. The summed E-state index contributed by atoms with van der Waals surface area (Å²) in [5, 5.41) is 0. The zero-order chi connectivity index (χ0) is 29.3. The molecule has 0 bridgehead atoms. The molecule has 0 aromatic heterocycles. The third-order valence-electron chi connectivity index (χ3n) is 7.15. The number of rotatable bonds is 7. The molecule has 0 atom stereocenters. The summed E-state index contributed by atoms with van der Waals surface area (Å²) in [6.07, 6.45) is 0. The molecule has 42 heavy (non-hydrogen) atoms. The Balaban J connectivity index is 0.00000173. The fourth-order valence-corrected chi connectivity index (χ4v) is 4.96. The molecule has 0 saturated heterocycles. The summed E-state index contributed by atoms with van der Waals surface area (Å²) in [6, 6.07) is 50.4. The van der Waals surface area contributed by atoms with E-state index in [2.05, 4.69) is 122 Å². The minimum atomic E-state index is 0.802. The first-order valence-corrected chi connectivity index (χ1v) is 14.5. The number of methoxy groups -OCH3 is 1. The van der Waals surface area contributed by atoms with Crippen molar-refractivity contribution in [2.45, 2.75) is 20.8 Å². The van der Waals surface area contributed by atoms with Crippen molar-refractivity contribution in [3.63, 3.8) is 0 Å². The largest absolute Gasteiger partial charge is 0.496 e. The van der Waals surface area contributed by atoms with Gasteiger partial charge in [0.1, 0.15) is 17.2 Å². The summed E-state index contributed by atoms with van der Waals surface area (Å²) in [7, 11) is 1.72. The highest BCUT2D eigenvalue weighted by Gasteiger charge is 2.13. The van der Waals surface area contributed by atoms with Crippen molar-refractivity contribution in [3.05, 3.63) is 151 Å². The Bertz CT molecular complexity index is 1720. The Kier molecular flexibility index (Phi) is 9.16. The van der Waals surface area contributed by atoms with Crippen molar-refractivity contribution >= 4 is 0 Å². The van der Waals surface area contributed by atoms with Gasteiger partial charge in [-0.05, 0) is 76.7 Å². The van der Waals surface area contributed by atoms with Crippen molar-refractivity contribution in [2.75, 3.05) is 7.11 Å². The van der Waals surface area contributed by atoms with Gasteiger partial charge in [0, 0.05) is 11.1 Å². The SMILES string of the molecule is CC.COc1ccc(-c2ccc(Oc3ccc(-c4ccc(C)cc4)cc3)c(-c3ccccc3)c2)cc1-c1ccccc1. The molecule has 0 unspecified atom stereocenters. The first kappa shape index (κ1) is 28.4. The van der Waals surface area contributed by atoms with Gasteiger partial charge in [-0.2, -0.15) is 0 Å². The molecular weight excluding hydrogens is 512 g/mol. The summed E-state index contributed by atoms with van der Waals surface area (Å²) < 4.78 is 12.2. The van der Waals surface area contributed by atoms with E-state index in [0.29, 0.717) is 0 Å². The lowest BCUT2D eigenvalue weighted by Gasteiger charge is -2.15. The summed E-state index contributed by atoms with van der Waals surface area (Å²) in [6.45, 7) is 6.10. The van der Waals surface area contributed by atoms with Gasteiger partial charge in [-0.25, -0.2) is 0 Å². The highest BCUT2D eigenvalue weighted by atomic mass is 16.5. The van der Waals surface area contributed by atoms with Crippen LogP contribution in [-0.2, 0) is 0 Å². The standard InChI is InChI=1S/C38H30O2.C2H6/c1-27-13-15-28(16-14-27)29-17-21-34(22-18-29)40-38-24-20-33(26-36(38)31-11-7-4-8-12-31)32-19-23-37(39-2)35(25-32)30-9-5-3-6-10-30;1-2/h3-26H,1-2H3;1-2H3. The fraction of sp³-hybridized carbons (Fsp3) is 0.100. The minimum Gasteiger partial charge on any atom is -0.496 e. The van der Waals surface area contributed by atoms with Gasteiger partial charge in [0.05, 0.1) is 7.11 Å². The van der Waals surface area contributed by atoms with Crippen LogP contribution in [0.5, 0.6) is 17.2 Å². The predicted octanol–water partition coefficient (Wildman–Crippen LogP) is 11.5. The maximum Gasteiger partial charge on any atom is 0.135 e. The van der Waals surface area contributed by atoms with Crippen LogP contribution < -0.4 is 9.47 Å². The molecule has 0 heterocycles. The molecule has 0 radical (unpaired) electrons. The molecule has 2 heteroatoms. The Morgan fingerprint density at radius 2 is 0.833 bits per heavy atom. The molecule has 0 aliphatic rings. The van der Waals surface area contributed by atoms with E-state index in [-0.39, 0.29) is 0 Å². The molecule has 6 aromatic carbocycles. The maximum atomic E-state index is 6.47. The molecule has 0 spiro atoms. The third kappa shape index (κ3) is 6.45. The van der Waals surface area contributed by atoms with Crippen molar-refractivity contribution in [1.29, 1.82) is 0 Å². The van der Waals surface area contributed by atoms with Crippen molar-refractivity contribution in [1.82, 2.24) is 0 Å². The average Bonchev–Trinajstić information content (AvgIpc) is 3.07. The minimum absolute atomic E-state index is 0.802. The van der Waals surface area contributed by atoms with E-state index < -0.39 is 0 Å². The molecule has 2 nitrogen and oxygen atoms in total. The third-order valence-corrected chi connectivity index (χ3v) is 7.15. The number of benzene rings is 6. The van der Waals surface area contributed by atoms with Crippen LogP contribution in [0, 0.1) is 6.92 Å². The first-order chi connectivity index (χ1) is 20.7. The monoisotopic (exact) mass is 548 g/mol. The topological polar surface area (TPSA) is 18.5 Å². The highest BCUT2D eigenvalue weighted by molar-refractivity contribution is 5.82. The van der Waals surface area contributed by atoms with Gasteiger partial charge >= 0.3 is 0 Å². The number of ether oxygens (including phenoxy) is 2. The van der Waals surface area contributed by atoms with Crippen LogP contribution in [0.2, 0.25) is 0 Å². The number of aryl methyl sites for hydroxylation is 1. The van der Waals surface area contributed by atoms with Gasteiger partial charge < -0.3 is 9.47 Å². The van der Waals surface area contributed by atoms with Gasteiger partial charge in [0.25, 0.3) is 0 Å². The lowest BCUT2D eigenvalue weighted by Crippen LogP contribution is -1.92. The zero-order valence-electron chi connectivity index (χ0n) is 24.7. The van der Waals surface area contributed by atoms with E-state index >= 15 is 0 Å². The van der Waals surface area contributed by atoms with Crippen molar-refractivity contribution < 1.29 is 9.47 Å². The van der Waals surface area contributed by atoms with Gasteiger partial charge in [0.2, 0.25) is 0 Å². The molecule has 6 aromatic rings. The summed E-state index contributed by atoms with van der Waals surface area (Å²) >= 11 is 0. The van der Waals surface area contributed by atoms with Gasteiger partial charge in [0.15, 0.2) is 0 Å². The van der Waals surface area contributed by atoms with E-state index in [1.165, 1.54) is 16.7 Å². The van der Waals surface area contributed by atoms with E-state index in [1.807, 2.05) is 44.2 Å². The van der Waals surface area contributed by atoms with Gasteiger partial charge in [-0.1, -0.05) is 129 Å². The normalized spacial score (nSPS) is 10.4. The molecule has 6 rings (SSSR count). The van der Waals surface area contributed by atoms with Crippen LogP contribution in [0.25, 0.3) is 44.5 Å². The molecule has 0 saturated carbocycles. The molecule has 0 aliphatic carbocycles. The second-order valence-corrected chi connectivity index (χ2v) is 9.85. The van der Waals surface area contributed by atoms with Crippen molar-refractivity contribution in [2.24, 2.45) is 0 Å². The average molecular weight is 549 g/mol. The lowest BCUT2D eigenvalue weighted by atomic mass is 9.95. The second kappa shape index (κ2) is 13.5. The quantitative estimate of drug-likeness (QED) is 0.197. The smallest absolute Gasteiger partial charge is 0.135 e. The van der Waals surface area contributed by atoms with Crippen molar-refractivity contribution in [3.8, 4) is 61.8 Å². The van der Waals surface area contributed by atoms with Crippen LogP contribution in [0.4, 0.5) is 0 Å². The van der Waals surface area contributed by atoms with E-state index in [1.54, 1.807) is 7.11 Å². The Morgan fingerprint density at radius 1 is 0.405 bits per heavy atom. The van der Waals surface area contributed by atoms with Crippen LogP contribution in [0.15, 0.2) is 146 Å². The summed E-state index contributed by atoms with van der Waals surface area (Å²) in [4.78, 5) is 0. The summed E-state index contributed by atoms with van der Waals surface area (Å²) in [5.41, 5.74) is 10.2. The van der Waals surface area contributed by atoms with Crippen LogP contribution in [0.3, 0.4) is 0 Å². The van der Waals surface area contributed by atoms with E-state index in [9.17, 15) is 0 Å². The number of hydrogen-bond donors (Lipinski definition) is 0. The van der Waals surface area contributed by atoms with E-state index in [0.717, 1.165) is 50.6 Å². The fourth-order valence-electron chi connectivity index (χ4n) is 4.96. The highest BCUT2D eigenvalue weighted by Crippen LogP contribution is 2.39. The van der Waals surface area contributed by atoms with Gasteiger partial charge in [-0.3, -0.25) is 0 Å². The Morgan fingerprint density at radius 3 is 1.33 bits per heavy atom. The molecule has 0 aliphatic heterocycles. The maximum absolute atomic E-state index is 6.47.